The zero-order valence-corrected chi connectivity index (χ0v) is 13.1. The Balaban J connectivity index is 1.47. The number of aromatic nitrogens is 1. The average Bonchev–Trinajstić information content (AvgIpc) is 3.09. The molecule has 0 unspecified atom stereocenters. The van der Waals surface area contributed by atoms with Crippen molar-refractivity contribution in [3.05, 3.63) is 52.5 Å². The van der Waals surface area contributed by atoms with Gasteiger partial charge in [0.25, 0.3) is 0 Å². The number of amides is 1. The van der Waals surface area contributed by atoms with Crippen LogP contribution in [-0.4, -0.2) is 42.0 Å². The van der Waals surface area contributed by atoms with E-state index in [0.717, 1.165) is 17.1 Å². The van der Waals surface area contributed by atoms with Crippen LogP contribution in [0.25, 0.3) is 0 Å². The van der Waals surface area contributed by atoms with E-state index in [1.54, 1.807) is 17.5 Å². The minimum Gasteiger partial charge on any atom is -0.368 e. The van der Waals surface area contributed by atoms with Crippen molar-refractivity contribution >= 4 is 17.2 Å². The largest absolute Gasteiger partial charge is 0.368 e. The molecular weight excluding hydrogens is 298 g/mol. The first kappa shape index (κ1) is 15.1. The lowest BCUT2D eigenvalue weighted by molar-refractivity contribution is -0.124. The van der Waals surface area contributed by atoms with Gasteiger partial charge in [-0.1, -0.05) is 30.3 Å². The van der Waals surface area contributed by atoms with Crippen molar-refractivity contribution in [1.29, 1.82) is 0 Å². The van der Waals surface area contributed by atoms with Gasteiger partial charge in [-0.05, 0) is 5.56 Å². The van der Waals surface area contributed by atoms with Crippen LogP contribution < -0.4 is 5.32 Å². The van der Waals surface area contributed by atoms with Crippen molar-refractivity contribution in [1.82, 2.24) is 15.2 Å². The van der Waals surface area contributed by atoms with Gasteiger partial charge in [-0.2, -0.15) is 0 Å². The first-order valence-corrected chi connectivity index (χ1v) is 8.23. The number of nitrogens with zero attached hydrogens (tertiary/aromatic N) is 2. The van der Waals surface area contributed by atoms with Crippen molar-refractivity contribution < 1.29 is 9.53 Å². The maximum atomic E-state index is 12.1. The summed E-state index contributed by atoms with van der Waals surface area (Å²) < 4.78 is 5.74. The summed E-state index contributed by atoms with van der Waals surface area (Å²) in [5.41, 5.74) is 1.11. The van der Waals surface area contributed by atoms with Crippen LogP contribution in [-0.2, 0) is 16.1 Å². The van der Waals surface area contributed by atoms with Gasteiger partial charge in [0.1, 0.15) is 11.1 Å². The smallest absolute Gasteiger partial charge is 0.234 e. The van der Waals surface area contributed by atoms with Crippen molar-refractivity contribution in [3.63, 3.8) is 0 Å². The summed E-state index contributed by atoms with van der Waals surface area (Å²) in [6.45, 7) is 3.10. The number of carbonyl (C=O) groups is 1. The Bertz CT molecular complexity index is 589. The fourth-order valence-corrected chi connectivity index (χ4v) is 3.12. The monoisotopic (exact) mass is 317 g/mol. The molecule has 1 N–H and O–H groups in total. The lowest BCUT2D eigenvalue weighted by Gasteiger charge is -2.31. The van der Waals surface area contributed by atoms with E-state index in [1.807, 2.05) is 35.7 Å². The van der Waals surface area contributed by atoms with Crippen LogP contribution in [0.4, 0.5) is 0 Å². The Labute approximate surface area is 133 Å². The molecule has 0 spiro atoms. The van der Waals surface area contributed by atoms with E-state index in [2.05, 4.69) is 15.2 Å². The second-order valence-corrected chi connectivity index (χ2v) is 6.15. The topological polar surface area (TPSA) is 54.5 Å². The van der Waals surface area contributed by atoms with Crippen molar-refractivity contribution in [2.24, 2.45) is 0 Å². The molecule has 6 heteroatoms. The van der Waals surface area contributed by atoms with E-state index in [9.17, 15) is 4.79 Å². The number of ether oxygens (including phenoxy) is 1. The summed E-state index contributed by atoms with van der Waals surface area (Å²) >= 11 is 1.59. The van der Waals surface area contributed by atoms with Crippen molar-refractivity contribution in [2.45, 2.75) is 12.6 Å². The van der Waals surface area contributed by atoms with Crippen LogP contribution in [0.1, 0.15) is 16.7 Å². The van der Waals surface area contributed by atoms with E-state index in [-0.39, 0.29) is 12.0 Å². The molecule has 2 aromatic rings. The number of hydrogen-bond donors (Lipinski definition) is 1. The van der Waals surface area contributed by atoms with Crippen LogP contribution >= 0.6 is 11.3 Å². The Morgan fingerprint density at radius 2 is 2.27 bits per heavy atom. The van der Waals surface area contributed by atoms with Crippen LogP contribution in [0.2, 0.25) is 0 Å². The molecule has 1 aromatic heterocycles. The summed E-state index contributed by atoms with van der Waals surface area (Å²) in [7, 11) is 0. The van der Waals surface area contributed by atoms with Gasteiger partial charge in [0, 0.05) is 31.2 Å². The lowest BCUT2D eigenvalue weighted by Crippen LogP contribution is -2.44. The van der Waals surface area contributed by atoms with Gasteiger partial charge in [0.2, 0.25) is 5.91 Å². The zero-order valence-electron chi connectivity index (χ0n) is 12.3. The van der Waals surface area contributed by atoms with Crippen LogP contribution in [0.5, 0.6) is 0 Å². The Morgan fingerprint density at radius 3 is 3.05 bits per heavy atom. The molecule has 0 radical (unpaired) electrons. The highest BCUT2D eigenvalue weighted by atomic mass is 32.1. The maximum absolute atomic E-state index is 12.1. The average molecular weight is 317 g/mol. The highest BCUT2D eigenvalue weighted by molar-refractivity contribution is 7.09. The first-order valence-electron chi connectivity index (χ1n) is 7.35. The van der Waals surface area contributed by atoms with Gasteiger partial charge in [0.15, 0.2) is 0 Å². The van der Waals surface area contributed by atoms with Crippen LogP contribution in [0, 0.1) is 0 Å². The van der Waals surface area contributed by atoms with E-state index in [4.69, 9.17) is 4.74 Å². The summed E-state index contributed by atoms with van der Waals surface area (Å²) in [6, 6.07) is 9.93. The second kappa shape index (κ2) is 7.49. The van der Waals surface area contributed by atoms with E-state index < -0.39 is 0 Å². The normalized spacial score (nSPS) is 19.0. The summed E-state index contributed by atoms with van der Waals surface area (Å²) in [5.74, 6) is 0.0450. The number of thiazole rings is 1. The first-order chi connectivity index (χ1) is 10.8. The molecule has 1 aliphatic heterocycles. The molecule has 116 valence electrons. The molecule has 0 bridgehead atoms. The Morgan fingerprint density at radius 1 is 1.41 bits per heavy atom. The molecule has 1 aromatic carbocycles. The van der Waals surface area contributed by atoms with E-state index in [0.29, 0.717) is 26.2 Å². The minimum absolute atomic E-state index is 0.0179. The van der Waals surface area contributed by atoms with Gasteiger partial charge < -0.3 is 10.1 Å². The lowest BCUT2D eigenvalue weighted by atomic mass is 10.2. The van der Waals surface area contributed by atoms with Gasteiger partial charge >= 0.3 is 0 Å². The van der Waals surface area contributed by atoms with Gasteiger partial charge in [0.05, 0.1) is 13.2 Å². The summed E-state index contributed by atoms with van der Waals surface area (Å²) in [4.78, 5) is 18.5. The molecule has 1 aliphatic rings. The van der Waals surface area contributed by atoms with Crippen molar-refractivity contribution in [3.8, 4) is 0 Å². The number of rotatable bonds is 5. The zero-order chi connectivity index (χ0) is 15.2. The maximum Gasteiger partial charge on any atom is 0.234 e. The quantitative estimate of drug-likeness (QED) is 0.914. The van der Waals surface area contributed by atoms with Gasteiger partial charge in [-0.15, -0.1) is 11.3 Å². The number of carbonyl (C=O) groups excluding carboxylic acids is 1. The third-order valence-electron chi connectivity index (χ3n) is 3.58. The van der Waals surface area contributed by atoms with Crippen molar-refractivity contribution in [2.75, 3.05) is 26.2 Å². The SMILES string of the molecule is O=C(CN1CCO[C@H](c2nccs2)C1)NCc1ccccc1. The fraction of sp³-hybridized carbons (Fsp3) is 0.375. The van der Waals surface area contributed by atoms with E-state index >= 15 is 0 Å². The standard InChI is InChI=1S/C16H19N3O2S/c20-15(18-10-13-4-2-1-3-5-13)12-19-7-8-21-14(11-19)16-17-6-9-22-16/h1-6,9,14H,7-8,10-12H2,(H,18,20)/t14-/m0/s1. The molecule has 1 saturated heterocycles. The molecule has 0 aliphatic carbocycles. The highest BCUT2D eigenvalue weighted by Gasteiger charge is 2.24. The number of benzene rings is 1. The van der Waals surface area contributed by atoms with Gasteiger partial charge in [-0.3, -0.25) is 9.69 Å². The second-order valence-electron chi connectivity index (χ2n) is 5.23. The molecule has 3 rings (SSSR count). The highest BCUT2D eigenvalue weighted by Crippen LogP contribution is 2.23. The molecule has 2 heterocycles. The predicted molar refractivity (Wildman–Crippen MR) is 85.5 cm³/mol. The third kappa shape index (κ3) is 4.13. The molecule has 5 nitrogen and oxygen atoms in total. The van der Waals surface area contributed by atoms with E-state index in [1.165, 1.54) is 0 Å². The predicted octanol–water partition coefficient (Wildman–Crippen LogP) is 1.83. The molecule has 1 amide bonds. The molecule has 1 fully saturated rings. The third-order valence-corrected chi connectivity index (χ3v) is 4.44. The Hall–Kier alpha value is -1.76. The molecule has 22 heavy (non-hydrogen) atoms. The fourth-order valence-electron chi connectivity index (χ4n) is 2.44. The molecule has 0 saturated carbocycles. The van der Waals surface area contributed by atoms with Crippen LogP contribution in [0.15, 0.2) is 41.9 Å². The minimum atomic E-state index is -0.0179. The number of nitrogens with one attached hydrogen (secondary N) is 1. The number of morpholine rings is 1. The van der Waals surface area contributed by atoms with Gasteiger partial charge in [-0.25, -0.2) is 4.98 Å². The number of hydrogen-bond acceptors (Lipinski definition) is 5. The summed E-state index contributed by atoms with van der Waals surface area (Å²) in [6.07, 6.45) is 1.77. The Kier molecular flexibility index (Phi) is 5.15. The molecule has 1 atom stereocenters. The van der Waals surface area contributed by atoms with Crippen LogP contribution in [0.3, 0.4) is 0 Å². The summed E-state index contributed by atoms with van der Waals surface area (Å²) in [5, 5.41) is 5.89. The molecular formula is C16H19N3O2S.